The Morgan fingerprint density at radius 1 is 1.08 bits per heavy atom. The van der Waals surface area contributed by atoms with Gasteiger partial charge in [0.2, 0.25) is 5.78 Å². The minimum Gasteiger partial charge on any atom is -0.396 e. The monoisotopic (exact) mass is 741 g/mol. The molecule has 6 aromatic rings. The predicted octanol–water partition coefficient (Wildman–Crippen LogP) is 0.875. The van der Waals surface area contributed by atoms with Crippen LogP contribution in [0.5, 0.6) is 0 Å². The number of nitrogens with one attached hydrogen (secondary N) is 2. The van der Waals surface area contributed by atoms with Gasteiger partial charge in [-0.1, -0.05) is 18.2 Å². The van der Waals surface area contributed by atoms with Gasteiger partial charge >= 0.3 is 6.72 Å². The maximum Gasteiger partial charge on any atom is 0.324 e. The number of aromatic nitrogens is 10. The molecular weight excluding hydrogens is 712 g/mol. The molecule has 19 nitrogen and oxygen atoms in total. The van der Waals surface area contributed by atoms with E-state index < -0.39 is 49.4 Å². The molecule has 1 aliphatic heterocycles. The maximum absolute atomic E-state index is 15.5. The third-order valence-corrected chi connectivity index (χ3v) is 10.8. The molecule has 5 aromatic heterocycles. The number of halogens is 1. The molecule has 1 aromatic carbocycles. The number of benzene rings is 1. The van der Waals surface area contributed by atoms with Crippen LogP contribution in [-0.4, -0.2) is 108 Å². The number of rotatable bonds is 11. The number of anilines is 1. The van der Waals surface area contributed by atoms with Crippen LogP contribution < -0.4 is 10.9 Å². The van der Waals surface area contributed by atoms with Crippen molar-refractivity contribution in [1.29, 1.82) is 0 Å². The number of carbonyl (C=O) groups excluding carboxylic acids is 1. The van der Waals surface area contributed by atoms with Gasteiger partial charge in [-0.25, -0.2) is 33.8 Å². The van der Waals surface area contributed by atoms with Gasteiger partial charge in [0.05, 0.1) is 25.9 Å². The minimum atomic E-state index is -3.96. The second-order valence-corrected chi connectivity index (χ2v) is 15.0. The van der Waals surface area contributed by atoms with Crippen LogP contribution in [0, 0.1) is 11.8 Å². The third kappa shape index (κ3) is 6.00. The summed E-state index contributed by atoms with van der Waals surface area (Å²) in [7, 11) is 0. The van der Waals surface area contributed by atoms with E-state index in [2.05, 4.69) is 40.4 Å². The van der Waals surface area contributed by atoms with E-state index in [0.717, 1.165) is 0 Å². The highest BCUT2D eigenvalue weighted by molar-refractivity contribution is 8.07. The number of H-pyrrole nitrogens is 1. The number of ether oxygens (including phenoxy) is 1. The van der Waals surface area contributed by atoms with E-state index in [-0.39, 0.29) is 59.4 Å². The molecule has 0 spiro atoms. The lowest BCUT2D eigenvalue weighted by molar-refractivity contribution is -0.0464. The first-order valence-corrected chi connectivity index (χ1v) is 18.2. The van der Waals surface area contributed by atoms with Gasteiger partial charge in [0.25, 0.3) is 11.5 Å². The topological polar surface area (TPSA) is 242 Å². The van der Waals surface area contributed by atoms with Gasteiger partial charge in [0, 0.05) is 24.1 Å². The highest BCUT2D eigenvalue weighted by atomic mass is 32.5. The van der Waals surface area contributed by atoms with Crippen LogP contribution in [-0.2, 0) is 25.6 Å². The average Bonchev–Trinajstić information content (AvgIpc) is 3.92. The Morgan fingerprint density at radius 3 is 2.65 bits per heavy atom. The second-order valence-electron chi connectivity index (χ2n) is 12.1. The Bertz CT molecular complexity index is 2350. The van der Waals surface area contributed by atoms with Gasteiger partial charge in [0.1, 0.15) is 24.9 Å². The summed E-state index contributed by atoms with van der Waals surface area (Å²) in [6.45, 7) is -4.76. The molecular formula is C29H29FN11O8PS. The van der Waals surface area contributed by atoms with Gasteiger partial charge in [-0.05, 0) is 36.3 Å². The molecule has 0 bridgehead atoms. The van der Waals surface area contributed by atoms with E-state index in [9.17, 15) is 24.7 Å². The maximum atomic E-state index is 15.5. The Balaban J connectivity index is 0.920. The van der Waals surface area contributed by atoms with E-state index >= 15 is 4.39 Å². The number of aliphatic hydroxyl groups excluding tert-OH is 2. The van der Waals surface area contributed by atoms with Crippen molar-refractivity contribution >= 4 is 58.4 Å². The van der Waals surface area contributed by atoms with E-state index in [1.54, 1.807) is 34.9 Å². The second kappa shape index (κ2) is 13.2. The van der Waals surface area contributed by atoms with Crippen molar-refractivity contribution in [3.8, 4) is 0 Å². The van der Waals surface area contributed by atoms with Crippen molar-refractivity contribution < 1.29 is 38.1 Å². The molecule has 8 atom stereocenters. The largest absolute Gasteiger partial charge is 0.396 e. The fourth-order valence-electron chi connectivity index (χ4n) is 6.46. The van der Waals surface area contributed by atoms with Crippen molar-refractivity contribution in [1.82, 2.24) is 48.7 Å². The fourth-order valence-corrected chi connectivity index (χ4v) is 7.59. The minimum absolute atomic E-state index is 0.0958. The lowest BCUT2D eigenvalue weighted by Gasteiger charge is -2.44. The SMILES string of the molecule is O=C(Nc1ncnc2c1ncn2[C@@H]1O[C@H](COP(O)(=S)OC[C@@H]2[C@@H](CO)C[C@H]2n2cnc3c(=O)n4cn[nH]c4nc32)[C@@H](O)[C@H]1F)c1ccccc1. The van der Waals surface area contributed by atoms with Crippen LogP contribution >= 0.6 is 6.72 Å². The summed E-state index contributed by atoms with van der Waals surface area (Å²) in [6, 6.07) is 8.17. The first kappa shape index (κ1) is 33.5. The number of aromatic amines is 1. The lowest BCUT2D eigenvalue weighted by Crippen LogP contribution is -2.43. The van der Waals surface area contributed by atoms with Gasteiger partial charge in [-0.15, -0.1) is 0 Å². The highest BCUT2D eigenvalue weighted by Gasteiger charge is 2.47. The summed E-state index contributed by atoms with van der Waals surface area (Å²) in [5.74, 6) is -0.675. The lowest BCUT2D eigenvalue weighted by atomic mass is 9.70. The molecule has 1 unspecified atom stereocenters. The number of imidazole rings is 2. The fraction of sp³-hybridized carbons (Fsp3) is 0.379. The molecule has 1 saturated carbocycles. The van der Waals surface area contributed by atoms with E-state index in [1.165, 1.54) is 34.3 Å². The molecule has 8 rings (SSSR count). The predicted molar refractivity (Wildman–Crippen MR) is 178 cm³/mol. The number of amides is 1. The summed E-state index contributed by atoms with van der Waals surface area (Å²) in [5.41, 5.74) is 0.770. The van der Waals surface area contributed by atoms with Crippen molar-refractivity contribution in [3.63, 3.8) is 0 Å². The van der Waals surface area contributed by atoms with Crippen LogP contribution in [0.1, 0.15) is 29.0 Å². The zero-order chi connectivity index (χ0) is 35.4. The summed E-state index contributed by atoms with van der Waals surface area (Å²) < 4.78 is 36.7. The first-order chi connectivity index (χ1) is 24.6. The summed E-state index contributed by atoms with van der Waals surface area (Å²) >= 11 is 5.22. The van der Waals surface area contributed by atoms with E-state index in [1.807, 2.05) is 0 Å². The molecule has 1 saturated heterocycles. The van der Waals surface area contributed by atoms with Crippen LogP contribution in [0.25, 0.3) is 28.1 Å². The summed E-state index contributed by atoms with van der Waals surface area (Å²) in [6.07, 6.45) is -0.537. The van der Waals surface area contributed by atoms with E-state index in [4.69, 9.17) is 25.6 Å². The van der Waals surface area contributed by atoms with Gasteiger partial charge in [-0.3, -0.25) is 14.2 Å². The number of hydrogen-bond acceptors (Lipinski definition) is 14. The smallest absolute Gasteiger partial charge is 0.324 e. The van der Waals surface area contributed by atoms with E-state index in [0.29, 0.717) is 17.6 Å². The molecule has 51 heavy (non-hydrogen) atoms. The Labute approximate surface area is 290 Å². The number of nitrogens with zero attached hydrogens (tertiary/aromatic N) is 9. The van der Waals surface area contributed by atoms with Crippen molar-refractivity contribution in [3.05, 3.63) is 71.6 Å². The van der Waals surface area contributed by atoms with Crippen molar-refractivity contribution in [2.75, 3.05) is 25.1 Å². The zero-order valence-electron chi connectivity index (χ0n) is 26.2. The van der Waals surface area contributed by atoms with Crippen LogP contribution in [0.4, 0.5) is 10.2 Å². The molecule has 0 radical (unpaired) electrons. The average molecular weight is 742 g/mol. The summed E-state index contributed by atoms with van der Waals surface area (Å²) in [4.78, 5) is 57.6. The number of hydrogen-bond donors (Lipinski definition) is 5. The quantitative estimate of drug-likeness (QED) is 0.116. The third-order valence-electron chi connectivity index (χ3n) is 9.23. The van der Waals surface area contributed by atoms with Gasteiger partial charge in [0.15, 0.2) is 40.5 Å². The Morgan fingerprint density at radius 2 is 1.84 bits per heavy atom. The van der Waals surface area contributed by atoms with Crippen LogP contribution in [0.15, 0.2) is 60.4 Å². The first-order valence-electron chi connectivity index (χ1n) is 15.7. The molecule has 2 aliphatic rings. The standard InChI is InChI=1S/C29H29FN11O8PS/c30-19-22(43)18(49-28(19)40-12-33-20-23(31-10-32-24(20)40)36-26(44)14-4-2-1-3-5-14)9-48-50(46,51)47-8-16-15(7-42)6-17(16)39-11-34-21-25(39)37-29-38-35-13-41(29)27(21)45/h1-5,10-13,15-19,22,28,42-43H,6-9H2,(H,37,38)(H,46,51)(H,31,32,36,44)/t15-,16-,17-,18-,19-,22-,28-,50?/m1/s1. The number of fused-ring (bicyclic) bond motifs is 3. The molecule has 22 heteroatoms. The molecule has 1 aliphatic carbocycles. The van der Waals surface area contributed by atoms with Gasteiger partial charge in [-0.2, -0.15) is 10.1 Å². The normalized spacial score (nSPS) is 26.1. The van der Waals surface area contributed by atoms with Crippen LogP contribution in [0.3, 0.4) is 0 Å². The molecule has 6 heterocycles. The Kier molecular flexibility index (Phi) is 8.67. The van der Waals surface area contributed by atoms with Gasteiger partial charge < -0.3 is 38.8 Å². The van der Waals surface area contributed by atoms with Crippen molar-refractivity contribution in [2.45, 2.75) is 37.1 Å². The zero-order valence-corrected chi connectivity index (χ0v) is 27.9. The number of alkyl halides is 1. The van der Waals surface area contributed by atoms with Crippen molar-refractivity contribution in [2.24, 2.45) is 11.8 Å². The molecule has 1 amide bonds. The highest BCUT2D eigenvalue weighted by Crippen LogP contribution is 2.50. The number of aliphatic hydroxyl groups is 2. The molecule has 266 valence electrons. The molecule has 2 fully saturated rings. The molecule has 5 N–H and O–H groups in total. The van der Waals surface area contributed by atoms with Crippen LogP contribution in [0.2, 0.25) is 0 Å². The summed E-state index contributed by atoms with van der Waals surface area (Å²) in [5, 5.41) is 29.8. The number of carbonyl (C=O) groups is 1. The Hall–Kier alpha value is -4.60.